The number of anilines is 1. The second kappa shape index (κ2) is 8.81. The van der Waals surface area contributed by atoms with Gasteiger partial charge in [-0.1, -0.05) is 11.6 Å². The number of aromatic amines is 1. The first kappa shape index (κ1) is 21.5. The molecule has 0 aromatic carbocycles. The molecule has 0 unspecified atom stereocenters. The van der Waals surface area contributed by atoms with Crippen molar-refractivity contribution in [2.45, 2.75) is 20.0 Å². The molecule has 1 aliphatic rings. The zero-order valence-corrected chi connectivity index (χ0v) is 18.8. The van der Waals surface area contributed by atoms with Crippen LogP contribution in [0, 0.1) is 0 Å². The Morgan fingerprint density at radius 1 is 1.26 bits per heavy atom. The average molecular weight is 463 g/mol. The number of hydrogen-bond acceptors (Lipinski definition) is 7. The quantitative estimate of drug-likeness (QED) is 0.557. The number of amides is 1. The summed E-state index contributed by atoms with van der Waals surface area (Å²) in [6, 6.07) is 5.40. The minimum Gasteiger partial charge on any atom is -0.366 e. The van der Waals surface area contributed by atoms with Crippen molar-refractivity contribution in [2.75, 3.05) is 38.1 Å². The Balaban J connectivity index is 1.44. The summed E-state index contributed by atoms with van der Waals surface area (Å²) in [5.41, 5.74) is 1.11. The molecule has 1 aliphatic heterocycles. The van der Waals surface area contributed by atoms with E-state index in [0.717, 1.165) is 36.7 Å². The standard InChI is InChI=1S/C20H23ClN6O3S/c1-3-27-19(29)16-14(24-20(27)30)10-12(31-16)11-25-6-8-26(9-7-25)15-5-4-13(18(28)22-2)23-17(15)21/h4-5,10H,3,6-9,11H2,1-2H3,(H,22,28)(H,24,30). The lowest BCUT2D eigenvalue weighted by molar-refractivity contribution is 0.0958. The van der Waals surface area contributed by atoms with Gasteiger partial charge in [0.15, 0.2) is 5.15 Å². The number of rotatable bonds is 5. The summed E-state index contributed by atoms with van der Waals surface area (Å²) in [6.45, 7) is 6.01. The molecule has 1 fully saturated rings. The maximum absolute atomic E-state index is 12.5. The number of piperazine rings is 1. The van der Waals surface area contributed by atoms with Crippen LogP contribution in [0.2, 0.25) is 5.15 Å². The van der Waals surface area contributed by atoms with Crippen LogP contribution in [0.15, 0.2) is 27.8 Å². The summed E-state index contributed by atoms with van der Waals surface area (Å²) in [7, 11) is 1.55. The van der Waals surface area contributed by atoms with Gasteiger partial charge in [-0.2, -0.15) is 0 Å². The minimum absolute atomic E-state index is 0.232. The highest BCUT2D eigenvalue weighted by molar-refractivity contribution is 7.18. The fraction of sp³-hybridized carbons (Fsp3) is 0.400. The predicted molar refractivity (Wildman–Crippen MR) is 123 cm³/mol. The van der Waals surface area contributed by atoms with E-state index in [9.17, 15) is 14.4 Å². The number of carbonyl (C=O) groups excluding carboxylic acids is 1. The van der Waals surface area contributed by atoms with Gasteiger partial charge in [0.2, 0.25) is 0 Å². The van der Waals surface area contributed by atoms with Crippen LogP contribution in [0.3, 0.4) is 0 Å². The molecule has 0 atom stereocenters. The van der Waals surface area contributed by atoms with Crippen LogP contribution in [-0.4, -0.2) is 58.6 Å². The number of nitrogens with zero attached hydrogens (tertiary/aromatic N) is 4. The summed E-state index contributed by atoms with van der Waals surface area (Å²) in [5.74, 6) is -0.270. The maximum atomic E-state index is 12.5. The van der Waals surface area contributed by atoms with Crippen molar-refractivity contribution in [3.63, 3.8) is 0 Å². The second-order valence-electron chi connectivity index (χ2n) is 7.28. The number of H-pyrrole nitrogens is 1. The van der Waals surface area contributed by atoms with Crippen LogP contribution in [-0.2, 0) is 13.1 Å². The number of hydrogen-bond donors (Lipinski definition) is 2. The Hall–Kier alpha value is -2.69. The van der Waals surface area contributed by atoms with E-state index in [1.54, 1.807) is 20.0 Å². The smallest absolute Gasteiger partial charge is 0.328 e. The third-order valence-electron chi connectivity index (χ3n) is 5.41. The van der Waals surface area contributed by atoms with E-state index < -0.39 is 0 Å². The van der Waals surface area contributed by atoms with Crippen LogP contribution in [0.4, 0.5) is 5.69 Å². The highest BCUT2D eigenvalue weighted by Gasteiger charge is 2.21. The number of carbonyl (C=O) groups is 1. The highest BCUT2D eigenvalue weighted by atomic mass is 35.5. The summed E-state index contributed by atoms with van der Waals surface area (Å²) in [6.07, 6.45) is 0. The molecular weight excluding hydrogens is 440 g/mol. The van der Waals surface area contributed by atoms with E-state index in [4.69, 9.17) is 11.6 Å². The Morgan fingerprint density at radius 3 is 2.65 bits per heavy atom. The van der Waals surface area contributed by atoms with Crippen LogP contribution in [0.1, 0.15) is 22.3 Å². The number of thiophene rings is 1. The first-order valence-corrected chi connectivity index (χ1v) is 11.2. The SMILES string of the molecule is CCn1c(=O)[nH]c2cc(CN3CCN(c4ccc(C(=O)NC)nc4Cl)CC3)sc2c1=O. The number of fused-ring (bicyclic) bond motifs is 1. The Labute approximate surface area is 187 Å². The highest BCUT2D eigenvalue weighted by Crippen LogP contribution is 2.27. The molecule has 31 heavy (non-hydrogen) atoms. The predicted octanol–water partition coefficient (Wildman–Crippen LogP) is 1.50. The van der Waals surface area contributed by atoms with Gasteiger partial charge in [-0.15, -0.1) is 11.3 Å². The fourth-order valence-corrected chi connectivity index (χ4v) is 5.12. The molecule has 11 heteroatoms. The van der Waals surface area contributed by atoms with Gasteiger partial charge in [0, 0.05) is 51.2 Å². The largest absolute Gasteiger partial charge is 0.366 e. The topological polar surface area (TPSA) is 103 Å². The van der Waals surface area contributed by atoms with Crippen LogP contribution in [0.25, 0.3) is 10.2 Å². The molecule has 1 saturated heterocycles. The molecule has 9 nitrogen and oxygen atoms in total. The molecule has 4 rings (SSSR count). The summed E-state index contributed by atoms with van der Waals surface area (Å²) in [5, 5.41) is 2.85. The van der Waals surface area contributed by atoms with Crippen molar-refractivity contribution in [2.24, 2.45) is 0 Å². The van der Waals surface area contributed by atoms with Crippen LogP contribution in [0.5, 0.6) is 0 Å². The average Bonchev–Trinajstić information content (AvgIpc) is 3.16. The lowest BCUT2D eigenvalue weighted by atomic mass is 10.2. The van der Waals surface area contributed by atoms with E-state index in [-0.39, 0.29) is 17.2 Å². The third-order valence-corrected chi connectivity index (χ3v) is 6.79. The van der Waals surface area contributed by atoms with Crippen molar-refractivity contribution >= 4 is 44.7 Å². The molecule has 0 bridgehead atoms. The number of aromatic nitrogens is 3. The van der Waals surface area contributed by atoms with Gasteiger partial charge >= 0.3 is 5.69 Å². The Morgan fingerprint density at radius 2 is 2.00 bits per heavy atom. The van der Waals surface area contributed by atoms with Crippen molar-refractivity contribution in [1.29, 1.82) is 0 Å². The number of nitrogens with one attached hydrogen (secondary N) is 2. The van der Waals surface area contributed by atoms with Crippen molar-refractivity contribution in [3.8, 4) is 0 Å². The van der Waals surface area contributed by atoms with Gasteiger partial charge in [-0.3, -0.25) is 19.1 Å². The van der Waals surface area contributed by atoms with Crippen LogP contribution >= 0.6 is 22.9 Å². The molecule has 3 aromatic heterocycles. The van der Waals surface area contributed by atoms with Gasteiger partial charge in [0.05, 0.1) is 11.2 Å². The van der Waals surface area contributed by atoms with Crippen molar-refractivity contribution in [1.82, 2.24) is 24.8 Å². The van der Waals surface area contributed by atoms with Gasteiger partial charge < -0.3 is 15.2 Å². The Kier molecular flexibility index (Phi) is 6.12. The van der Waals surface area contributed by atoms with Crippen LogP contribution < -0.4 is 21.5 Å². The lowest BCUT2D eigenvalue weighted by Crippen LogP contribution is -2.46. The molecule has 2 N–H and O–H groups in total. The molecule has 0 radical (unpaired) electrons. The molecular formula is C20H23ClN6O3S. The second-order valence-corrected chi connectivity index (χ2v) is 8.78. The first-order valence-electron chi connectivity index (χ1n) is 10.0. The molecule has 3 aromatic rings. The molecule has 0 aliphatic carbocycles. The lowest BCUT2D eigenvalue weighted by Gasteiger charge is -2.36. The summed E-state index contributed by atoms with van der Waals surface area (Å²) < 4.78 is 1.80. The molecule has 1 amide bonds. The van der Waals surface area contributed by atoms with Crippen molar-refractivity contribution in [3.05, 3.63) is 54.8 Å². The third kappa shape index (κ3) is 4.23. The van der Waals surface area contributed by atoms with Gasteiger partial charge in [0.1, 0.15) is 10.4 Å². The van der Waals surface area contributed by atoms with E-state index in [1.165, 1.54) is 15.9 Å². The number of pyridine rings is 1. The van der Waals surface area contributed by atoms with E-state index in [1.807, 2.05) is 12.1 Å². The fourth-order valence-electron chi connectivity index (χ4n) is 3.74. The summed E-state index contributed by atoms with van der Waals surface area (Å²) >= 11 is 7.76. The monoisotopic (exact) mass is 462 g/mol. The van der Waals surface area contributed by atoms with Gasteiger partial charge in [0.25, 0.3) is 11.5 Å². The van der Waals surface area contributed by atoms with Gasteiger partial charge in [-0.05, 0) is 25.1 Å². The normalized spacial score (nSPS) is 14.9. The molecule has 4 heterocycles. The minimum atomic E-state index is -0.370. The van der Waals surface area contributed by atoms with E-state index in [0.29, 0.717) is 34.2 Å². The molecule has 164 valence electrons. The zero-order chi connectivity index (χ0) is 22.1. The molecule has 0 saturated carbocycles. The zero-order valence-electron chi connectivity index (χ0n) is 17.3. The van der Waals surface area contributed by atoms with E-state index >= 15 is 0 Å². The maximum Gasteiger partial charge on any atom is 0.328 e. The summed E-state index contributed by atoms with van der Waals surface area (Å²) in [4.78, 5) is 48.7. The Bertz CT molecular complexity index is 1240. The van der Waals surface area contributed by atoms with Gasteiger partial charge in [-0.25, -0.2) is 9.78 Å². The first-order chi connectivity index (χ1) is 14.9. The van der Waals surface area contributed by atoms with Crippen molar-refractivity contribution < 1.29 is 4.79 Å². The number of halogens is 1. The molecule has 0 spiro atoms. The van der Waals surface area contributed by atoms with E-state index in [2.05, 4.69) is 25.1 Å².